The molecule has 1 aromatic carbocycles. The number of hydrogen-bond donors (Lipinski definition) is 1. The molecule has 0 aliphatic carbocycles. The highest BCUT2D eigenvalue weighted by Gasteiger charge is 2.20. The molecule has 1 heterocycles. The van der Waals surface area contributed by atoms with E-state index in [2.05, 4.69) is 34.6 Å². The van der Waals surface area contributed by atoms with Crippen molar-refractivity contribution in [2.24, 2.45) is 0 Å². The normalized spacial score (nSPS) is 12.8. The first-order valence-electron chi connectivity index (χ1n) is 6.23. The Morgan fingerprint density at radius 1 is 0.889 bits per heavy atom. The SMILES string of the molecule is Cc1c(C)c(C)c(C(O)c2cccs2)c(C)c1C. The van der Waals surface area contributed by atoms with Gasteiger partial charge >= 0.3 is 0 Å². The van der Waals surface area contributed by atoms with E-state index < -0.39 is 6.10 Å². The minimum Gasteiger partial charge on any atom is -0.383 e. The van der Waals surface area contributed by atoms with E-state index in [1.54, 1.807) is 11.3 Å². The van der Waals surface area contributed by atoms with Crippen LogP contribution in [0.25, 0.3) is 0 Å². The predicted molar refractivity (Wildman–Crippen MR) is 78.5 cm³/mol. The molecule has 2 heteroatoms. The summed E-state index contributed by atoms with van der Waals surface area (Å²) in [5, 5.41) is 12.6. The maximum Gasteiger partial charge on any atom is 0.114 e. The quantitative estimate of drug-likeness (QED) is 0.850. The largest absolute Gasteiger partial charge is 0.383 e. The highest BCUT2D eigenvalue weighted by atomic mass is 32.1. The van der Waals surface area contributed by atoms with Gasteiger partial charge < -0.3 is 5.11 Å². The molecule has 0 radical (unpaired) electrons. The van der Waals surface area contributed by atoms with E-state index in [0.717, 1.165) is 10.4 Å². The number of aliphatic hydroxyl groups excluding tert-OH is 1. The third kappa shape index (κ3) is 2.00. The van der Waals surface area contributed by atoms with E-state index in [1.165, 1.54) is 27.8 Å². The molecule has 1 nitrogen and oxygen atoms in total. The molecule has 0 saturated carbocycles. The number of rotatable bonds is 2. The minimum absolute atomic E-state index is 0.497. The molecule has 1 N–H and O–H groups in total. The van der Waals surface area contributed by atoms with E-state index >= 15 is 0 Å². The van der Waals surface area contributed by atoms with Crippen LogP contribution >= 0.6 is 11.3 Å². The molecule has 0 fully saturated rings. The number of aliphatic hydroxyl groups is 1. The summed E-state index contributed by atoms with van der Waals surface area (Å²) in [7, 11) is 0. The van der Waals surface area contributed by atoms with Crippen LogP contribution in [0.5, 0.6) is 0 Å². The van der Waals surface area contributed by atoms with Gasteiger partial charge in [-0.05, 0) is 79.4 Å². The van der Waals surface area contributed by atoms with Crippen LogP contribution in [0.2, 0.25) is 0 Å². The van der Waals surface area contributed by atoms with Crippen molar-refractivity contribution < 1.29 is 5.11 Å². The Morgan fingerprint density at radius 2 is 1.39 bits per heavy atom. The van der Waals surface area contributed by atoms with Gasteiger partial charge in [0.15, 0.2) is 0 Å². The molecule has 0 aliphatic heterocycles. The summed E-state index contributed by atoms with van der Waals surface area (Å²) in [6, 6.07) is 3.99. The fourth-order valence-corrected chi connectivity index (χ4v) is 3.25. The summed E-state index contributed by atoms with van der Waals surface area (Å²) in [6.07, 6.45) is -0.497. The Hall–Kier alpha value is -1.12. The Kier molecular flexibility index (Phi) is 3.60. The van der Waals surface area contributed by atoms with Crippen molar-refractivity contribution in [2.75, 3.05) is 0 Å². The average molecular weight is 260 g/mol. The topological polar surface area (TPSA) is 20.2 Å². The Morgan fingerprint density at radius 3 is 1.83 bits per heavy atom. The Bertz CT molecular complexity index is 538. The van der Waals surface area contributed by atoms with Crippen molar-refractivity contribution in [1.82, 2.24) is 0 Å². The molecule has 2 rings (SSSR count). The van der Waals surface area contributed by atoms with Gasteiger partial charge in [-0.2, -0.15) is 0 Å². The lowest BCUT2D eigenvalue weighted by molar-refractivity contribution is 0.222. The second kappa shape index (κ2) is 4.87. The van der Waals surface area contributed by atoms with Crippen molar-refractivity contribution in [3.8, 4) is 0 Å². The smallest absolute Gasteiger partial charge is 0.114 e. The van der Waals surface area contributed by atoms with Gasteiger partial charge in [0.05, 0.1) is 0 Å². The molecule has 1 aromatic heterocycles. The third-order valence-electron chi connectivity index (χ3n) is 4.14. The van der Waals surface area contributed by atoms with Crippen LogP contribution < -0.4 is 0 Å². The summed E-state index contributed by atoms with van der Waals surface area (Å²) >= 11 is 1.61. The fraction of sp³-hybridized carbons (Fsp3) is 0.375. The highest BCUT2D eigenvalue weighted by molar-refractivity contribution is 7.10. The van der Waals surface area contributed by atoms with Crippen LogP contribution in [-0.2, 0) is 0 Å². The highest BCUT2D eigenvalue weighted by Crippen LogP contribution is 2.34. The molecule has 1 unspecified atom stereocenters. The molecular weight excluding hydrogens is 240 g/mol. The second-order valence-electron chi connectivity index (χ2n) is 4.96. The molecule has 0 amide bonds. The Labute approximate surface area is 113 Å². The number of thiophene rings is 1. The monoisotopic (exact) mass is 260 g/mol. The van der Waals surface area contributed by atoms with Gasteiger partial charge in [0, 0.05) is 4.88 Å². The molecule has 0 bridgehead atoms. The van der Waals surface area contributed by atoms with Crippen LogP contribution in [0.4, 0.5) is 0 Å². The molecular formula is C16H20OS. The first-order chi connectivity index (χ1) is 8.45. The molecule has 18 heavy (non-hydrogen) atoms. The lowest BCUT2D eigenvalue weighted by Crippen LogP contribution is -2.08. The van der Waals surface area contributed by atoms with Gasteiger partial charge in [0.1, 0.15) is 6.10 Å². The molecule has 96 valence electrons. The first-order valence-corrected chi connectivity index (χ1v) is 7.11. The third-order valence-corrected chi connectivity index (χ3v) is 5.07. The van der Waals surface area contributed by atoms with E-state index in [-0.39, 0.29) is 0 Å². The van der Waals surface area contributed by atoms with Crippen molar-refractivity contribution in [3.05, 3.63) is 55.8 Å². The van der Waals surface area contributed by atoms with E-state index in [0.29, 0.717) is 0 Å². The van der Waals surface area contributed by atoms with Crippen LogP contribution in [-0.4, -0.2) is 5.11 Å². The second-order valence-corrected chi connectivity index (χ2v) is 5.94. The zero-order chi connectivity index (χ0) is 13.4. The van der Waals surface area contributed by atoms with E-state index in [4.69, 9.17) is 0 Å². The van der Waals surface area contributed by atoms with Gasteiger partial charge in [0.25, 0.3) is 0 Å². The van der Waals surface area contributed by atoms with Crippen molar-refractivity contribution in [2.45, 2.75) is 40.7 Å². The maximum absolute atomic E-state index is 10.6. The Balaban J connectivity index is 2.65. The predicted octanol–water partition coefficient (Wildman–Crippen LogP) is 4.37. The van der Waals surface area contributed by atoms with Crippen LogP contribution in [0.3, 0.4) is 0 Å². The molecule has 0 aliphatic rings. The van der Waals surface area contributed by atoms with Crippen molar-refractivity contribution in [3.63, 3.8) is 0 Å². The fourth-order valence-electron chi connectivity index (χ4n) is 2.53. The van der Waals surface area contributed by atoms with Crippen LogP contribution in [0.1, 0.15) is 44.4 Å². The van der Waals surface area contributed by atoms with Crippen LogP contribution in [0, 0.1) is 34.6 Å². The summed E-state index contributed by atoms with van der Waals surface area (Å²) in [4.78, 5) is 1.02. The zero-order valence-corrected chi connectivity index (χ0v) is 12.5. The molecule has 1 atom stereocenters. The van der Waals surface area contributed by atoms with Gasteiger partial charge in [-0.15, -0.1) is 11.3 Å². The van der Waals surface area contributed by atoms with Gasteiger partial charge in [-0.25, -0.2) is 0 Å². The average Bonchev–Trinajstić information content (AvgIpc) is 2.88. The number of hydrogen-bond acceptors (Lipinski definition) is 2. The summed E-state index contributed by atoms with van der Waals surface area (Å²) in [5.74, 6) is 0. The summed E-state index contributed by atoms with van der Waals surface area (Å²) in [5.41, 5.74) is 7.45. The first kappa shape index (κ1) is 13.3. The molecule has 0 spiro atoms. The lowest BCUT2D eigenvalue weighted by Gasteiger charge is -2.21. The molecule has 2 aromatic rings. The standard InChI is InChI=1S/C16H20OS/c1-9-10(2)12(4)15(13(5)11(9)3)16(17)14-7-6-8-18-14/h6-8,16-17H,1-5H3. The molecule has 0 saturated heterocycles. The van der Waals surface area contributed by atoms with E-state index in [9.17, 15) is 5.11 Å². The summed E-state index contributed by atoms with van der Waals surface area (Å²) < 4.78 is 0. The maximum atomic E-state index is 10.6. The van der Waals surface area contributed by atoms with Crippen molar-refractivity contribution in [1.29, 1.82) is 0 Å². The zero-order valence-electron chi connectivity index (χ0n) is 11.7. The van der Waals surface area contributed by atoms with Gasteiger partial charge in [0.2, 0.25) is 0 Å². The van der Waals surface area contributed by atoms with Crippen LogP contribution in [0.15, 0.2) is 17.5 Å². The van der Waals surface area contributed by atoms with Crippen molar-refractivity contribution >= 4 is 11.3 Å². The van der Waals surface area contributed by atoms with Gasteiger partial charge in [-0.3, -0.25) is 0 Å². The van der Waals surface area contributed by atoms with E-state index in [1.807, 2.05) is 17.5 Å². The van der Waals surface area contributed by atoms with Gasteiger partial charge in [-0.1, -0.05) is 6.07 Å². The number of benzene rings is 1. The lowest BCUT2D eigenvalue weighted by atomic mass is 9.87. The summed E-state index contributed by atoms with van der Waals surface area (Å²) in [6.45, 7) is 10.7. The minimum atomic E-state index is -0.497.